The van der Waals surface area contributed by atoms with E-state index in [0.29, 0.717) is 29.9 Å². The van der Waals surface area contributed by atoms with Gasteiger partial charge in [-0.15, -0.1) is 0 Å². The molecule has 2 aromatic carbocycles. The van der Waals surface area contributed by atoms with Gasteiger partial charge in [0.2, 0.25) is 5.95 Å². The molecule has 2 unspecified atom stereocenters. The zero-order chi connectivity index (χ0) is 22.8. The summed E-state index contributed by atoms with van der Waals surface area (Å²) in [4.78, 5) is 23.1. The third kappa shape index (κ3) is 4.56. The number of fused-ring (bicyclic) bond motifs is 1. The fourth-order valence-electron chi connectivity index (χ4n) is 4.70. The zero-order valence-corrected chi connectivity index (χ0v) is 19.1. The normalized spacial score (nSPS) is 20.9. The Kier molecular flexibility index (Phi) is 5.99. The van der Waals surface area contributed by atoms with E-state index in [9.17, 15) is 4.79 Å². The van der Waals surface area contributed by atoms with Gasteiger partial charge in [-0.3, -0.25) is 0 Å². The van der Waals surface area contributed by atoms with Gasteiger partial charge in [0, 0.05) is 31.4 Å². The second kappa shape index (κ2) is 9.22. The summed E-state index contributed by atoms with van der Waals surface area (Å²) >= 11 is 0. The first kappa shape index (κ1) is 21.4. The van der Waals surface area contributed by atoms with Crippen LogP contribution in [0.5, 0.6) is 5.75 Å². The van der Waals surface area contributed by atoms with Crippen LogP contribution in [0.3, 0.4) is 0 Å². The molecule has 0 amide bonds. The molecular formula is C27H29N3O3. The Morgan fingerprint density at radius 1 is 0.939 bits per heavy atom. The molecule has 2 fully saturated rings. The lowest BCUT2D eigenvalue weighted by Crippen LogP contribution is -2.27. The van der Waals surface area contributed by atoms with Crippen LogP contribution in [0.15, 0.2) is 60.9 Å². The molecule has 3 aromatic rings. The summed E-state index contributed by atoms with van der Waals surface area (Å²) in [6.45, 7) is 7.10. The summed E-state index contributed by atoms with van der Waals surface area (Å²) in [7, 11) is 0. The Hall–Kier alpha value is -3.41. The predicted molar refractivity (Wildman–Crippen MR) is 127 cm³/mol. The van der Waals surface area contributed by atoms with E-state index in [2.05, 4.69) is 33.9 Å². The van der Waals surface area contributed by atoms with Gasteiger partial charge in [0.05, 0.1) is 18.8 Å². The maximum atomic E-state index is 11.8. The van der Waals surface area contributed by atoms with Gasteiger partial charge < -0.3 is 14.4 Å². The maximum Gasteiger partial charge on any atom is 0.338 e. The molecule has 6 nitrogen and oxygen atoms in total. The lowest BCUT2D eigenvalue weighted by molar-refractivity contribution is 0.0526. The molecule has 3 atom stereocenters. The van der Waals surface area contributed by atoms with Gasteiger partial charge in [-0.25, -0.2) is 14.8 Å². The summed E-state index contributed by atoms with van der Waals surface area (Å²) < 4.78 is 11.1. The monoisotopic (exact) mass is 443 g/mol. The van der Waals surface area contributed by atoms with Gasteiger partial charge in [0.25, 0.3) is 0 Å². The van der Waals surface area contributed by atoms with Crippen LogP contribution < -0.4 is 9.64 Å². The average molecular weight is 444 g/mol. The van der Waals surface area contributed by atoms with Gasteiger partial charge in [-0.1, -0.05) is 31.2 Å². The third-order valence-electron chi connectivity index (χ3n) is 6.78. The Balaban J connectivity index is 1.11. The van der Waals surface area contributed by atoms with Gasteiger partial charge in [0.15, 0.2) is 0 Å². The number of rotatable bonds is 8. The van der Waals surface area contributed by atoms with E-state index in [1.54, 1.807) is 12.1 Å². The lowest BCUT2D eigenvalue weighted by Gasteiger charge is -2.19. The number of carbonyl (C=O) groups excluding carboxylic acids is 1. The highest BCUT2D eigenvalue weighted by atomic mass is 16.5. The quantitative estimate of drug-likeness (QED) is 0.473. The standard InChI is InChI=1S/C27H29N3O3/c1-3-18-13-28-27(29-14-18)30-15-23-24(16-30)25(23)17-33-22-11-9-20(10-12-22)19-5-7-21(8-6-19)26(31)32-4-2/h5-14,23-25H,3-4,15-17H2,1-2H3/t23-,24?,25?/m1/s1. The van der Waals surface area contributed by atoms with E-state index in [4.69, 9.17) is 9.47 Å². The molecule has 2 heterocycles. The fraction of sp³-hybridized carbons (Fsp3) is 0.370. The number of anilines is 1. The summed E-state index contributed by atoms with van der Waals surface area (Å²) in [5.74, 6) is 3.43. The van der Waals surface area contributed by atoms with Crippen molar-refractivity contribution in [1.82, 2.24) is 9.97 Å². The summed E-state index contributed by atoms with van der Waals surface area (Å²) in [5.41, 5.74) is 3.89. The van der Waals surface area contributed by atoms with Gasteiger partial charge in [-0.05, 0) is 66.1 Å². The van der Waals surface area contributed by atoms with E-state index in [-0.39, 0.29) is 5.97 Å². The van der Waals surface area contributed by atoms with Gasteiger partial charge in [-0.2, -0.15) is 0 Å². The summed E-state index contributed by atoms with van der Waals surface area (Å²) in [5, 5.41) is 0. The average Bonchev–Trinajstić information content (AvgIpc) is 3.31. The van der Waals surface area contributed by atoms with Crippen molar-refractivity contribution in [3.05, 3.63) is 72.1 Å². The third-order valence-corrected chi connectivity index (χ3v) is 6.78. The Labute approximate surface area is 194 Å². The molecule has 5 rings (SSSR count). The maximum absolute atomic E-state index is 11.8. The number of aryl methyl sites for hydroxylation is 1. The van der Waals surface area contributed by atoms with Crippen LogP contribution in [-0.4, -0.2) is 42.2 Å². The SMILES string of the molecule is CCOC(=O)c1ccc(-c2ccc(OCC3C4CN(c5ncc(CC)cn5)C[C@@H]34)cc2)cc1. The predicted octanol–water partition coefficient (Wildman–Crippen LogP) is 4.64. The minimum absolute atomic E-state index is 0.289. The molecule has 1 aliphatic carbocycles. The molecule has 6 heteroatoms. The van der Waals surface area contributed by atoms with Crippen molar-refractivity contribution in [2.24, 2.45) is 17.8 Å². The van der Waals surface area contributed by atoms with Crippen molar-refractivity contribution in [1.29, 1.82) is 0 Å². The highest BCUT2D eigenvalue weighted by Gasteiger charge is 2.56. The van der Waals surface area contributed by atoms with Crippen molar-refractivity contribution < 1.29 is 14.3 Å². The first-order valence-electron chi connectivity index (χ1n) is 11.7. The Bertz CT molecular complexity index is 1080. The molecule has 1 saturated carbocycles. The minimum atomic E-state index is -0.289. The van der Waals surface area contributed by atoms with E-state index in [0.717, 1.165) is 48.9 Å². The van der Waals surface area contributed by atoms with Crippen LogP contribution in [0.2, 0.25) is 0 Å². The van der Waals surface area contributed by atoms with Crippen LogP contribution >= 0.6 is 0 Å². The van der Waals surface area contributed by atoms with Crippen molar-refractivity contribution in [3.63, 3.8) is 0 Å². The van der Waals surface area contributed by atoms with Crippen molar-refractivity contribution in [3.8, 4) is 16.9 Å². The Morgan fingerprint density at radius 3 is 2.12 bits per heavy atom. The fourth-order valence-corrected chi connectivity index (χ4v) is 4.70. The van der Waals surface area contributed by atoms with E-state index in [1.165, 1.54) is 5.56 Å². The number of aromatic nitrogens is 2. The van der Waals surface area contributed by atoms with E-state index < -0.39 is 0 Å². The molecule has 33 heavy (non-hydrogen) atoms. The molecule has 0 spiro atoms. The summed E-state index contributed by atoms with van der Waals surface area (Å²) in [6.07, 6.45) is 4.84. The largest absolute Gasteiger partial charge is 0.493 e. The van der Waals surface area contributed by atoms with Crippen molar-refractivity contribution in [2.75, 3.05) is 31.2 Å². The molecule has 1 saturated heterocycles. The number of nitrogens with zero attached hydrogens (tertiary/aromatic N) is 3. The zero-order valence-electron chi connectivity index (χ0n) is 19.1. The van der Waals surface area contributed by atoms with Crippen LogP contribution in [0.25, 0.3) is 11.1 Å². The van der Waals surface area contributed by atoms with Crippen LogP contribution in [0, 0.1) is 17.8 Å². The van der Waals surface area contributed by atoms with E-state index in [1.807, 2.05) is 43.6 Å². The molecule has 1 aromatic heterocycles. The highest BCUT2D eigenvalue weighted by molar-refractivity contribution is 5.90. The number of hydrogen-bond donors (Lipinski definition) is 0. The smallest absolute Gasteiger partial charge is 0.338 e. The van der Waals surface area contributed by atoms with Crippen LogP contribution in [-0.2, 0) is 11.2 Å². The highest BCUT2D eigenvalue weighted by Crippen LogP contribution is 2.52. The van der Waals surface area contributed by atoms with E-state index >= 15 is 0 Å². The van der Waals surface area contributed by atoms with Crippen molar-refractivity contribution in [2.45, 2.75) is 20.3 Å². The molecule has 0 N–H and O–H groups in total. The van der Waals surface area contributed by atoms with Gasteiger partial charge in [0.1, 0.15) is 5.75 Å². The van der Waals surface area contributed by atoms with Crippen LogP contribution in [0.4, 0.5) is 5.95 Å². The number of carbonyl (C=O) groups is 1. The first-order chi connectivity index (χ1) is 16.2. The minimum Gasteiger partial charge on any atom is -0.493 e. The molecular weight excluding hydrogens is 414 g/mol. The Morgan fingerprint density at radius 2 is 1.55 bits per heavy atom. The number of hydrogen-bond acceptors (Lipinski definition) is 6. The second-order valence-corrected chi connectivity index (χ2v) is 8.77. The molecule has 1 aliphatic heterocycles. The molecule has 170 valence electrons. The lowest BCUT2D eigenvalue weighted by atomic mass is 10.0. The number of piperidine rings is 1. The van der Waals surface area contributed by atoms with Crippen molar-refractivity contribution >= 4 is 11.9 Å². The summed E-state index contributed by atoms with van der Waals surface area (Å²) in [6, 6.07) is 15.6. The first-order valence-corrected chi connectivity index (χ1v) is 11.7. The number of ether oxygens (including phenoxy) is 2. The molecule has 2 aliphatic rings. The van der Waals surface area contributed by atoms with Crippen LogP contribution in [0.1, 0.15) is 29.8 Å². The number of benzene rings is 2. The topological polar surface area (TPSA) is 64.6 Å². The second-order valence-electron chi connectivity index (χ2n) is 8.77. The molecule has 0 radical (unpaired) electrons. The number of esters is 1. The molecule has 0 bridgehead atoms. The van der Waals surface area contributed by atoms with Gasteiger partial charge >= 0.3 is 5.97 Å².